The van der Waals surface area contributed by atoms with Crippen LogP contribution < -0.4 is 10.1 Å². The summed E-state index contributed by atoms with van der Waals surface area (Å²) in [7, 11) is 1.71. The van der Waals surface area contributed by atoms with Crippen LogP contribution in [0.15, 0.2) is 24.3 Å². The second-order valence-corrected chi connectivity index (χ2v) is 3.25. The van der Waals surface area contributed by atoms with Crippen LogP contribution in [0, 0.1) is 0 Å². The van der Waals surface area contributed by atoms with Gasteiger partial charge in [-0.1, -0.05) is 12.1 Å². The highest BCUT2D eigenvalue weighted by molar-refractivity contribution is 5.27. The lowest BCUT2D eigenvalue weighted by Gasteiger charge is -2.06. The van der Waals surface area contributed by atoms with Crippen LogP contribution in [0.2, 0.25) is 0 Å². The molecule has 15 heavy (non-hydrogen) atoms. The lowest BCUT2D eigenvalue weighted by Crippen LogP contribution is -2.18. The van der Waals surface area contributed by atoms with Crippen molar-refractivity contribution >= 4 is 0 Å². The molecule has 0 aliphatic rings. The van der Waals surface area contributed by atoms with Crippen molar-refractivity contribution in [3.63, 3.8) is 0 Å². The van der Waals surface area contributed by atoms with E-state index in [4.69, 9.17) is 9.47 Å². The summed E-state index contributed by atoms with van der Waals surface area (Å²) < 4.78 is 10.3. The number of nitrogens with one attached hydrogen (secondary N) is 1. The fourth-order valence-electron chi connectivity index (χ4n) is 1.28. The molecule has 3 heteroatoms. The molecule has 0 atom stereocenters. The van der Waals surface area contributed by atoms with Crippen molar-refractivity contribution in [1.29, 1.82) is 0 Å². The van der Waals surface area contributed by atoms with Gasteiger partial charge in [-0.15, -0.1) is 0 Å². The molecule has 1 N–H and O–H groups in total. The molecule has 0 saturated carbocycles. The van der Waals surface area contributed by atoms with Gasteiger partial charge >= 0.3 is 0 Å². The monoisotopic (exact) mass is 209 g/mol. The van der Waals surface area contributed by atoms with Crippen LogP contribution in [0.1, 0.15) is 12.5 Å². The molecular weight excluding hydrogens is 190 g/mol. The van der Waals surface area contributed by atoms with Gasteiger partial charge in [0.2, 0.25) is 0 Å². The molecule has 1 aromatic carbocycles. The Morgan fingerprint density at radius 2 is 1.93 bits per heavy atom. The van der Waals surface area contributed by atoms with Crippen molar-refractivity contribution in [2.24, 2.45) is 0 Å². The van der Waals surface area contributed by atoms with E-state index in [1.54, 1.807) is 7.11 Å². The summed E-state index contributed by atoms with van der Waals surface area (Å²) in [6, 6.07) is 8.14. The zero-order valence-electron chi connectivity index (χ0n) is 9.45. The smallest absolute Gasteiger partial charge is 0.119 e. The van der Waals surface area contributed by atoms with E-state index in [9.17, 15) is 0 Å². The maximum absolute atomic E-state index is 5.36. The van der Waals surface area contributed by atoms with Crippen molar-refractivity contribution in [1.82, 2.24) is 5.32 Å². The Hall–Kier alpha value is -1.06. The maximum Gasteiger partial charge on any atom is 0.119 e. The highest BCUT2D eigenvalue weighted by Gasteiger charge is 1.94. The van der Waals surface area contributed by atoms with E-state index in [1.807, 2.05) is 19.1 Å². The number of ether oxygens (including phenoxy) is 2. The molecule has 0 bridgehead atoms. The minimum Gasteiger partial charge on any atom is -0.494 e. The second-order valence-electron chi connectivity index (χ2n) is 3.25. The van der Waals surface area contributed by atoms with E-state index in [0.29, 0.717) is 6.61 Å². The molecule has 0 radical (unpaired) electrons. The topological polar surface area (TPSA) is 30.5 Å². The van der Waals surface area contributed by atoms with E-state index in [2.05, 4.69) is 17.4 Å². The minimum absolute atomic E-state index is 0.714. The maximum atomic E-state index is 5.36. The van der Waals surface area contributed by atoms with E-state index in [-0.39, 0.29) is 0 Å². The third-order valence-electron chi connectivity index (χ3n) is 2.05. The standard InChI is InChI=1S/C12H19NO2/c1-3-15-12-6-4-11(5-7-12)10-13-8-9-14-2/h4-7,13H,3,8-10H2,1-2H3. The van der Waals surface area contributed by atoms with Crippen molar-refractivity contribution in [3.8, 4) is 5.75 Å². The van der Waals surface area contributed by atoms with Gasteiger partial charge < -0.3 is 14.8 Å². The van der Waals surface area contributed by atoms with Crippen LogP contribution in [0.25, 0.3) is 0 Å². The first kappa shape index (κ1) is 12.0. The zero-order valence-corrected chi connectivity index (χ0v) is 9.45. The molecule has 0 spiro atoms. The second kappa shape index (κ2) is 7.26. The van der Waals surface area contributed by atoms with E-state index in [1.165, 1.54) is 5.56 Å². The molecule has 0 fully saturated rings. The van der Waals surface area contributed by atoms with Gasteiger partial charge in [0.05, 0.1) is 13.2 Å². The summed E-state index contributed by atoms with van der Waals surface area (Å²) in [6.07, 6.45) is 0. The van der Waals surface area contributed by atoms with Crippen LogP contribution in [-0.2, 0) is 11.3 Å². The number of benzene rings is 1. The first-order chi connectivity index (χ1) is 7.36. The highest BCUT2D eigenvalue weighted by atomic mass is 16.5. The zero-order chi connectivity index (χ0) is 10.9. The molecular formula is C12H19NO2. The molecule has 3 nitrogen and oxygen atoms in total. The molecule has 0 heterocycles. The van der Waals surface area contributed by atoms with Gasteiger partial charge in [-0.25, -0.2) is 0 Å². The number of hydrogen-bond acceptors (Lipinski definition) is 3. The molecule has 0 aromatic heterocycles. The summed E-state index contributed by atoms with van der Waals surface area (Å²) in [5.74, 6) is 0.929. The predicted octanol–water partition coefficient (Wildman–Crippen LogP) is 1.82. The van der Waals surface area contributed by atoms with Gasteiger partial charge in [-0.3, -0.25) is 0 Å². The fraction of sp³-hybridized carbons (Fsp3) is 0.500. The largest absolute Gasteiger partial charge is 0.494 e. The van der Waals surface area contributed by atoms with Gasteiger partial charge in [0.25, 0.3) is 0 Å². The molecule has 1 aromatic rings. The first-order valence-electron chi connectivity index (χ1n) is 5.28. The molecule has 1 rings (SSSR count). The van der Waals surface area contributed by atoms with Crippen LogP contribution in [0.5, 0.6) is 5.75 Å². The third kappa shape index (κ3) is 4.81. The molecule has 0 aliphatic heterocycles. The van der Waals surface area contributed by atoms with Crippen LogP contribution in [0.4, 0.5) is 0 Å². The fourth-order valence-corrected chi connectivity index (χ4v) is 1.28. The summed E-state index contributed by atoms with van der Waals surface area (Å²) >= 11 is 0. The molecule has 0 saturated heterocycles. The Morgan fingerprint density at radius 1 is 1.20 bits per heavy atom. The highest BCUT2D eigenvalue weighted by Crippen LogP contribution is 2.11. The number of methoxy groups -OCH3 is 1. The average Bonchev–Trinajstić information content (AvgIpc) is 2.27. The summed E-state index contributed by atoms with van der Waals surface area (Å²) in [6.45, 7) is 5.20. The predicted molar refractivity (Wildman–Crippen MR) is 61.2 cm³/mol. The summed E-state index contributed by atoms with van der Waals surface area (Å²) in [4.78, 5) is 0. The Bertz CT molecular complexity index is 259. The van der Waals surface area contributed by atoms with Crippen molar-refractivity contribution in [2.45, 2.75) is 13.5 Å². The normalized spacial score (nSPS) is 10.3. The molecule has 0 unspecified atom stereocenters. The quantitative estimate of drug-likeness (QED) is 0.695. The molecule has 0 amide bonds. The van der Waals surface area contributed by atoms with E-state index in [0.717, 1.165) is 25.4 Å². The van der Waals surface area contributed by atoms with Gasteiger partial charge in [0.15, 0.2) is 0 Å². The Balaban J connectivity index is 2.29. The third-order valence-corrected chi connectivity index (χ3v) is 2.05. The lowest BCUT2D eigenvalue weighted by atomic mass is 10.2. The van der Waals surface area contributed by atoms with E-state index < -0.39 is 0 Å². The number of rotatable bonds is 7. The summed E-state index contributed by atoms with van der Waals surface area (Å²) in [5.41, 5.74) is 1.26. The van der Waals surface area contributed by atoms with Crippen molar-refractivity contribution in [3.05, 3.63) is 29.8 Å². The average molecular weight is 209 g/mol. The van der Waals surface area contributed by atoms with Crippen molar-refractivity contribution < 1.29 is 9.47 Å². The molecule has 84 valence electrons. The van der Waals surface area contributed by atoms with Crippen LogP contribution in [0.3, 0.4) is 0 Å². The lowest BCUT2D eigenvalue weighted by molar-refractivity contribution is 0.199. The summed E-state index contributed by atoms with van der Waals surface area (Å²) in [5, 5.41) is 3.29. The number of hydrogen-bond donors (Lipinski definition) is 1. The molecule has 0 aliphatic carbocycles. The minimum atomic E-state index is 0.714. The van der Waals surface area contributed by atoms with Gasteiger partial charge in [0, 0.05) is 20.2 Å². The van der Waals surface area contributed by atoms with Crippen LogP contribution >= 0.6 is 0 Å². The van der Waals surface area contributed by atoms with Gasteiger partial charge in [-0.2, -0.15) is 0 Å². The van der Waals surface area contributed by atoms with E-state index >= 15 is 0 Å². The van der Waals surface area contributed by atoms with Gasteiger partial charge in [-0.05, 0) is 24.6 Å². The Morgan fingerprint density at radius 3 is 2.53 bits per heavy atom. The Kier molecular flexibility index (Phi) is 5.81. The van der Waals surface area contributed by atoms with Gasteiger partial charge in [0.1, 0.15) is 5.75 Å². The van der Waals surface area contributed by atoms with Crippen LogP contribution in [-0.4, -0.2) is 26.9 Å². The SMILES string of the molecule is CCOc1ccc(CNCCOC)cc1. The first-order valence-corrected chi connectivity index (χ1v) is 5.28. The van der Waals surface area contributed by atoms with Crippen molar-refractivity contribution in [2.75, 3.05) is 26.9 Å². The Labute approximate surface area is 91.4 Å².